The van der Waals surface area contributed by atoms with Crippen molar-refractivity contribution >= 4 is 95.9 Å². The molecule has 0 unspecified atom stereocenters. The van der Waals surface area contributed by atoms with E-state index in [9.17, 15) is 43.8 Å². The molecule has 21 heteroatoms. The van der Waals surface area contributed by atoms with E-state index in [1.165, 1.54) is 47.3 Å². The highest BCUT2D eigenvalue weighted by Gasteiger charge is 2.38. The number of fused-ring (bicyclic) bond motifs is 2. The number of esters is 2. The zero-order valence-electron chi connectivity index (χ0n) is 40.5. The Morgan fingerprint density at radius 1 is 0.735 bits per heavy atom. The van der Waals surface area contributed by atoms with E-state index in [0.29, 0.717) is 15.7 Å². The smallest absolute Gasteiger partial charge is 0.343 e. The minimum absolute atomic E-state index is 0.0107. The molecule has 2 aromatic heterocycles. The Balaban J connectivity index is 0.000000305. The van der Waals surface area contributed by atoms with Crippen molar-refractivity contribution in [2.75, 3.05) is 26.4 Å². The number of pyridine rings is 2. The molecule has 0 atom stereocenters. The molecular weight excluding hydrogens is 1050 g/mol. The van der Waals surface area contributed by atoms with E-state index < -0.39 is 55.1 Å². The largest absolute Gasteiger partial charge is 0.462 e. The van der Waals surface area contributed by atoms with Gasteiger partial charge in [-0.15, -0.1) is 0 Å². The van der Waals surface area contributed by atoms with Crippen molar-refractivity contribution in [1.29, 1.82) is 0 Å². The molecule has 0 aliphatic carbocycles. The van der Waals surface area contributed by atoms with Gasteiger partial charge in [0.05, 0.1) is 52.1 Å². The van der Waals surface area contributed by atoms with Crippen LogP contribution in [-0.2, 0) is 37.8 Å². The number of hydrogen-bond donors (Lipinski definition) is 0. The van der Waals surface area contributed by atoms with Crippen molar-refractivity contribution in [3.05, 3.63) is 132 Å². The number of benzene rings is 3. The Labute approximate surface area is 414 Å². The van der Waals surface area contributed by atoms with E-state index in [-0.39, 0.29) is 104 Å². The zero-order chi connectivity index (χ0) is 51.3. The minimum Gasteiger partial charge on any atom is -0.462 e. The molecular formula is C47H59ClFIN4O12Si2. The zero-order valence-corrected chi connectivity index (χ0v) is 45.4. The summed E-state index contributed by atoms with van der Waals surface area (Å²) in [6.45, 7) is 25.5. The van der Waals surface area contributed by atoms with Crippen molar-refractivity contribution in [2.45, 2.75) is 111 Å². The Morgan fingerprint density at radius 3 is 1.57 bits per heavy atom. The van der Waals surface area contributed by atoms with Gasteiger partial charge >= 0.3 is 11.9 Å². The summed E-state index contributed by atoms with van der Waals surface area (Å²) in [4.78, 5) is 74.1. The number of non-ortho nitro benzene ring substituents is 2. The molecule has 0 fully saturated rings. The number of nitrogens with zero attached hydrogens (tertiary/aromatic N) is 4. The molecule has 16 nitrogen and oxygen atoms in total. The predicted molar refractivity (Wildman–Crippen MR) is 275 cm³/mol. The summed E-state index contributed by atoms with van der Waals surface area (Å²) in [6.07, 6.45) is 2.60. The number of halogens is 3. The second kappa shape index (κ2) is 22.3. The number of carbonyl (C=O) groups is 2. The lowest BCUT2D eigenvalue weighted by atomic mass is 10.00. The van der Waals surface area contributed by atoms with E-state index in [2.05, 4.69) is 67.7 Å². The van der Waals surface area contributed by atoms with Crippen molar-refractivity contribution < 1.29 is 42.2 Å². The van der Waals surface area contributed by atoms with Gasteiger partial charge in [0.1, 0.15) is 28.0 Å². The molecule has 0 spiro atoms. The third kappa shape index (κ3) is 12.9. The van der Waals surface area contributed by atoms with Gasteiger partial charge < -0.3 is 27.5 Å². The fourth-order valence-electron chi connectivity index (χ4n) is 6.64. The van der Waals surface area contributed by atoms with Crippen molar-refractivity contribution in [2.24, 2.45) is 0 Å². The van der Waals surface area contributed by atoms with Crippen LogP contribution in [0.3, 0.4) is 0 Å². The normalized spacial score (nSPS) is 12.2. The topological polar surface area (TPSA) is 201 Å². The first-order chi connectivity index (χ1) is 31.5. The van der Waals surface area contributed by atoms with Gasteiger partial charge in [-0.3, -0.25) is 29.8 Å². The lowest BCUT2D eigenvalue weighted by molar-refractivity contribution is -0.383. The van der Waals surface area contributed by atoms with E-state index in [1.54, 1.807) is 30.5 Å². The molecule has 0 bridgehead atoms. The Morgan fingerprint density at radius 2 is 1.16 bits per heavy atom. The van der Waals surface area contributed by atoms with Crippen LogP contribution in [0.5, 0.6) is 0 Å². The van der Waals surface area contributed by atoms with Crippen molar-refractivity contribution in [3.8, 4) is 0 Å². The lowest BCUT2D eigenvalue weighted by Crippen LogP contribution is -2.41. The summed E-state index contributed by atoms with van der Waals surface area (Å²) >= 11 is 7.82. The predicted octanol–water partition coefficient (Wildman–Crippen LogP) is 11.2. The Bertz CT molecular complexity index is 2870. The highest BCUT2D eigenvalue weighted by molar-refractivity contribution is 14.1. The third-order valence-corrected chi connectivity index (χ3v) is 22.3. The van der Waals surface area contributed by atoms with Gasteiger partial charge in [-0.05, 0) is 102 Å². The van der Waals surface area contributed by atoms with Crippen LogP contribution < -0.4 is 10.9 Å². The highest BCUT2D eigenvalue weighted by Crippen LogP contribution is 2.38. The Hall–Kier alpha value is -4.88. The van der Waals surface area contributed by atoms with Crippen LogP contribution in [-0.4, -0.2) is 74.0 Å². The van der Waals surface area contributed by atoms with E-state index in [4.69, 9.17) is 29.9 Å². The first kappa shape index (κ1) is 55.7. The lowest BCUT2D eigenvalue weighted by Gasteiger charge is -2.36. The highest BCUT2D eigenvalue weighted by atomic mass is 127. The molecule has 0 aliphatic heterocycles. The fraction of sp³-hybridized carbons (Fsp3) is 0.447. The van der Waals surface area contributed by atoms with Gasteiger partial charge in [0, 0.05) is 47.6 Å². The monoisotopic (exact) mass is 1110 g/mol. The van der Waals surface area contributed by atoms with Crippen LogP contribution in [0.2, 0.25) is 41.3 Å². The number of carbonyl (C=O) groups excluding carboxylic acids is 2. The molecule has 368 valence electrons. The van der Waals surface area contributed by atoms with Crippen molar-refractivity contribution in [3.63, 3.8) is 0 Å². The van der Waals surface area contributed by atoms with Gasteiger partial charge in [0.25, 0.3) is 11.4 Å². The van der Waals surface area contributed by atoms with Crippen LogP contribution in [0.25, 0.3) is 21.8 Å². The molecule has 5 aromatic rings. The minimum atomic E-state index is -2.13. The maximum absolute atomic E-state index is 14.6. The molecule has 2 heterocycles. The van der Waals surface area contributed by atoms with Crippen LogP contribution in [0.1, 0.15) is 87.2 Å². The maximum Gasteiger partial charge on any atom is 0.343 e. The summed E-state index contributed by atoms with van der Waals surface area (Å²) in [5, 5.41) is 23.8. The number of aromatic nitrogens is 2. The number of ether oxygens (including phenoxy) is 2. The second-order valence-corrected chi connectivity index (χ2v) is 30.3. The van der Waals surface area contributed by atoms with Gasteiger partial charge in [-0.25, -0.2) is 14.0 Å². The van der Waals surface area contributed by atoms with E-state index in [1.807, 2.05) is 22.6 Å². The fourth-order valence-corrected chi connectivity index (χ4v) is 9.51. The van der Waals surface area contributed by atoms with Crippen LogP contribution in [0.4, 0.5) is 15.8 Å². The quantitative estimate of drug-likeness (QED) is 0.0298. The van der Waals surface area contributed by atoms with Crippen LogP contribution >= 0.6 is 34.2 Å². The molecule has 0 saturated heterocycles. The molecule has 5 rings (SSSR count). The van der Waals surface area contributed by atoms with Crippen molar-refractivity contribution in [1.82, 2.24) is 9.13 Å². The maximum atomic E-state index is 14.6. The molecule has 0 aliphatic rings. The SMILES string of the molecule is CCOC(=O)c1cn(CCO[Si](C)(C)C(C)(C)C)c2c([N+](=O)[O-])cc(Cc3cccc(Cl)c3F)cc2c1=O.CCOC(=O)c1cn(CCO[Si](C)(C)C(C)(C)C)c2c([N+](=O)[O-])cc(I)cc2c1=O. The molecule has 0 saturated carbocycles. The average molecular weight is 1110 g/mol. The molecule has 0 amide bonds. The molecule has 0 radical (unpaired) electrons. The van der Waals surface area contributed by atoms with Gasteiger partial charge in [-0.1, -0.05) is 65.3 Å². The third-order valence-electron chi connectivity index (χ3n) is 12.3. The molecule has 0 N–H and O–H groups in total. The summed E-state index contributed by atoms with van der Waals surface area (Å²) < 4.78 is 40.7. The van der Waals surface area contributed by atoms with E-state index >= 15 is 0 Å². The summed E-state index contributed by atoms with van der Waals surface area (Å²) in [5.41, 5.74) is -1.40. The van der Waals surface area contributed by atoms with Gasteiger partial charge in [0.2, 0.25) is 10.9 Å². The van der Waals surface area contributed by atoms with Gasteiger partial charge in [-0.2, -0.15) is 0 Å². The number of hydrogen-bond acceptors (Lipinski definition) is 12. The van der Waals surface area contributed by atoms with Crippen LogP contribution in [0, 0.1) is 29.6 Å². The molecule has 68 heavy (non-hydrogen) atoms. The van der Waals surface area contributed by atoms with E-state index in [0.717, 1.165) is 0 Å². The second-order valence-electron chi connectivity index (χ2n) is 19.0. The summed E-state index contributed by atoms with van der Waals surface area (Å²) in [6, 6.07) is 10.2. The van der Waals surface area contributed by atoms with Gasteiger partial charge in [0.15, 0.2) is 16.6 Å². The van der Waals surface area contributed by atoms with Crippen LogP contribution in [0.15, 0.2) is 64.4 Å². The Kier molecular flexibility index (Phi) is 18.2. The first-order valence-electron chi connectivity index (χ1n) is 21.9. The average Bonchev–Trinajstić information content (AvgIpc) is 3.23. The summed E-state index contributed by atoms with van der Waals surface area (Å²) in [5.74, 6) is -2.21. The standard InChI is InChI=1S/C27H32ClFN2O6Si.C20H27IN2O6Si/c1-7-36-26(33)20-16-30(11-12-37-38(5,6)27(2,3)4)24-19(25(20)32)14-17(15-22(24)31(34)35)13-18-9-8-10-21(28)23(18)29;1-7-28-19(25)15-12-22(8-9-29-30(5,6)20(2,3)4)17-14(18(15)24)10-13(21)11-16(17)23(26)27/h8-10,14-16H,7,11-13H2,1-6H3;10-12H,7-9H2,1-6H3. The molecule has 3 aromatic carbocycles. The number of nitro groups is 2. The summed E-state index contributed by atoms with van der Waals surface area (Å²) in [7, 11) is -4.16. The number of rotatable bonds is 16. The number of nitro benzene ring substituents is 2. The first-order valence-corrected chi connectivity index (χ1v) is 29.2.